The van der Waals surface area contributed by atoms with Crippen LogP contribution in [0.5, 0.6) is 0 Å². The Morgan fingerprint density at radius 3 is 2.10 bits per heavy atom. The maximum absolute atomic E-state index is 11.4. The molecule has 0 heterocycles. The summed E-state index contributed by atoms with van der Waals surface area (Å²) < 4.78 is 15.4. The van der Waals surface area contributed by atoms with Crippen LogP contribution in [0.2, 0.25) is 0 Å². The van der Waals surface area contributed by atoms with Gasteiger partial charge in [0.2, 0.25) is 0 Å². The largest absolute Gasteiger partial charge is 0.467 e. The molecule has 0 aromatic rings. The molecule has 0 saturated carbocycles. The Labute approximate surface area is 124 Å². The number of carbonyl (C=O) groups excluding carboxylic acids is 1. The van der Waals surface area contributed by atoms with Gasteiger partial charge in [0, 0.05) is 13.2 Å². The molecule has 0 aromatic carbocycles. The Bertz CT molecular complexity index is 219. The van der Waals surface area contributed by atoms with Crippen LogP contribution in [0.25, 0.3) is 0 Å². The molecule has 1 unspecified atom stereocenters. The molecular formula is C16H32O4. The quantitative estimate of drug-likeness (QED) is 0.361. The summed E-state index contributed by atoms with van der Waals surface area (Å²) in [6.45, 7) is 5.56. The number of methoxy groups -OCH3 is 1. The van der Waals surface area contributed by atoms with E-state index in [2.05, 4.69) is 11.7 Å². The van der Waals surface area contributed by atoms with Crippen LogP contribution in [0.1, 0.15) is 65.2 Å². The van der Waals surface area contributed by atoms with Gasteiger partial charge < -0.3 is 14.2 Å². The van der Waals surface area contributed by atoms with Crippen molar-refractivity contribution in [2.45, 2.75) is 71.3 Å². The van der Waals surface area contributed by atoms with Gasteiger partial charge in [-0.05, 0) is 13.3 Å². The zero-order valence-corrected chi connectivity index (χ0v) is 13.5. The Hall–Kier alpha value is -0.610. The minimum atomic E-state index is -0.584. The first-order chi connectivity index (χ1) is 9.76. The minimum absolute atomic E-state index is 0.289. The van der Waals surface area contributed by atoms with Gasteiger partial charge >= 0.3 is 5.97 Å². The highest BCUT2D eigenvalue weighted by molar-refractivity contribution is 5.74. The van der Waals surface area contributed by atoms with Gasteiger partial charge in [-0.15, -0.1) is 0 Å². The second kappa shape index (κ2) is 14.8. The molecule has 0 rings (SSSR count). The highest BCUT2D eigenvalue weighted by atomic mass is 16.6. The molecule has 0 saturated heterocycles. The average molecular weight is 288 g/mol. The van der Waals surface area contributed by atoms with Gasteiger partial charge in [-0.1, -0.05) is 51.9 Å². The van der Waals surface area contributed by atoms with E-state index in [1.165, 1.54) is 52.1 Å². The van der Waals surface area contributed by atoms with Gasteiger partial charge in [0.25, 0.3) is 0 Å². The van der Waals surface area contributed by atoms with Crippen molar-refractivity contribution in [3.05, 3.63) is 0 Å². The lowest BCUT2D eigenvalue weighted by atomic mass is 10.1. The molecule has 4 nitrogen and oxygen atoms in total. The van der Waals surface area contributed by atoms with Crippen LogP contribution in [0, 0.1) is 0 Å². The maximum atomic E-state index is 11.4. The average Bonchev–Trinajstić information content (AvgIpc) is 2.47. The van der Waals surface area contributed by atoms with E-state index in [1.54, 1.807) is 0 Å². The lowest BCUT2D eigenvalue weighted by Crippen LogP contribution is -2.30. The van der Waals surface area contributed by atoms with Crippen molar-refractivity contribution < 1.29 is 19.0 Å². The molecule has 0 aromatic heterocycles. The Balaban J connectivity index is 3.38. The van der Waals surface area contributed by atoms with E-state index in [9.17, 15) is 4.79 Å². The molecule has 0 aliphatic carbocycles. The summed E-state index contributed by atoms with van der Waals surface area (Å²) in [7, 11) is 1.37. The first-order valence-corrected chi connectivity index (χ1v) is 8.03. The summed E-state index contributed by atoms with van der Waals surface area (Å²) >= 11 is 0. The Kier molecular flexibility index (Phi) is 14.3. The van der Waals surface area contributed by atoms with Gasteiger partial charge in [-0.25, -0.2) is 4.79 Å². The van der Waals surface area contributed by atoms with Crippen molar-refractivity contribution >= 4 is 5.97 Å². The summed E-state index contributed by atoms with van der Waals surface area (Å²) in [4.78, 5) is 11.4. The topological polar surface area (TPSA) is 44.8 Å². The Morgan fingerprint density at radius 2 is 1.55 bits per heavy atom. The highest BCUT2D eigenvalue weighted by Gasteiger charge is 2.19. The van der Waals surface area contributed by atoms with E-state index in [0.29, 0.717) is 13.2 Å². The summed E-state index contributed by atoms with van der Waals surface area (Å²) in [6.07, 6.45) is 9.63. The van der Waals surface area contributed by atoms with Crippen LogP contribution in [-0.4, -0.2) is 39.0 Å². The summed E-state index contributed by atoms with van der Waals surface area (Å²) in [6, 6.07) is 0. The minimum Gasteiger partial charge on any atom is -0.467 e. The molecule has 0 aliphatic rings. The first-order valence-electron chi connectivity index (χ1n) is 8.03. The zero-order valence-electron chi connectivity index (χ0n) is 13.5. The van der Waals surface area contributed by atoms with E-state index in [1.807, 2.05) is 6.92 Å². The standard InChI is InChI=1S/C16H32O4/c1-4-6-7-8-9-10-11-12-13-19-14-15(20-5-2)16(17)18-3/h15H,4-14H2,1-3H3. The molecule has 0 fully saturated rings. The van der Waals surface area contributed by atoms with Crippen LogP contribution in [0.4, 0.5) is 0 Å². The fourth-order valence-corrected chi connectivity index (χ4v) is 2.05. The maximum Gasteiger partial charge on any atom is 0.337 e. The molecule has 0 amide bonds. The molecule has 0 N–H and O–H groups in total. The van der Waals surface area contributed by atoms with Crippen LogP contribution >= 0.6 is 0 Å². The SMILES string of the molecule is CCCCCCCCCCOCC(OCC)C(=O)OC. The Morgan fingerprint density at radius 1 is 0.950 bits per heavy atom. The predicted molar refractivity (Wildman–Crippen MR) is 80.9 cm³/mol. The van der Waals surface area contributed by atoms with Crippen molar-refractivity contribution in [2.24, 2.45) is 0 Å². The highest BCUT2D eigenvalue weighted by Crippen LogP contribution is 2.08. The van der Waals surface area contributed by atoms with Gasteiger partial charge in [-0.2, -0.15) is 0 Å². The summed E-state index contributed by atoms with van der Waals surface area (Å²) in [5, 5.41) is 0. The van der Waals surface area contributed by atoms with Crippen molar-refractivity contribution in [3.8, 4) is 0 Å². The van der Waals surface area contributed by atoms with E-state index in [0.717, 1.165) is 6.42 Å². The van der Waals surface area contributed by atoms with E-state index in [4.69, 9.17) is 9.47 Å². The smallest absolute Gasteiger partial charge is 0.337 e. The number of unbranched alkanes of at least 4 members (excludes halogenated alkanes) is 7. The van der Waals surface area contributed by atoms with Crippen molar-refractivity contribution in [2.75, 3.05) is 26.9 Å². The van der Waals surface area contributed by atoms with Crippen molar-refractivity contribution in [3.63, 3.8) is 0 Å². The van der Waals surface area contributed by atoms with Gasteiger partial charge in [0.15, 0.2) is 6.10 Å². The van der Waals surface area contributed by atoms with Crippen LogP contribution in [-0.2, 0) is 19.0 Å². The van der Waals surface area contributed by atoms with Gasteiger partial charge in [0.05, 0.1) is 13.7 Å². The number of hydrogen-bond acceptors (Lipinski definition) is 4. The second-order valence-corrected chi connectivity index (χ2v) is 5.02. The fourth-order valence-electron chi connectivity index (χ4n) is 2.05. The molecule has 20 heavy (non-hydrogen) atoms. The lowest BCUT2D eigenvalue weighted by molar-refractivity contribution is -0.157. The molecule has 0 bridgehead atoms. The molecule has 1 atom stereocenters. The third kappa shape index (κ3) is 11.2. The van der Waals surface area contributed by atoms with E-state index in [-0.39, 0.29) is 12.6 Å². The second-order valence-electron chi connectivity index (χ2n) is 5.02. The van der Waals surface area contributed by atoms with Gasteiger partial charge in [-0.3, -0.25) is 0 Å². The van der Waals surface area contributed by atoms with Crippen LogP contribution < -0.4 is 0 Å². The van der Waals surface area contributed by atoms with Crippen LogP contribution in [0.15, 0.2) is 0 Å². The number of hydrogen-bond donors (Lipinski definition) is 0. The molecule has 0 spiro atoms. The summed E-state index contributed by atoms with van der Waals surface area (Å²) in [5.74, 6) is -0.359. The summed E-state index contributed by atoms with van der Waals surface area (Å²) in [5.41, 5.74) is 0. The number of carbonyl (C=O) groups is 1. The molecule has 0 radical (unpaired) electrons. The van der Waals surface area contributed by atoms with Crippen LogP contribution in [0.3, 0.4) is 0 Å². The van der Waals surface area contributed by atoms with Crippen molar-refractivity contribution in [1.82, 2.24) is 0 Å². The number of rotatable bonds is 14. The molecule has 0 aliphatic heterocycles. The monoisotopic (exact) mass is 288 g/mol. The van der Waals surface area contributed by atoms with Gasteiger partial charge in [0.1, 0.15) is 0 Å². The third-order valence-electron chi connectivity index (χ3n) is 3.24. The number of esters is 1. The van der Waals surface area contributed by atoms with E-state index >= 15 is 0 Å². The molecule has 120 valence electrons. The fraction of sp³-hybridized carbons (Fsp3) is 0.938. The molecule has 4 heteroatoms. The van der Waals surface area contributed by atoms with E-state index < -0.39 is 6.10 Å². The number of ether oxygens (including phenoxy) is 3. The normalized spacial score (nSPS) is 12.3. The molecular weight excluding hydrogens is 256 g/mol. The zero-order chi connectivity index (χ0) is 15.1. The lowest BCUT2D eigenvalue weighted by Gasteiger charge is -2.14. The predicted octanol–water partition coefficient (Wildman–Crippen LogP) is 3.72. The third-order valence-corrected chi connectivity index (χ3v) is 3.24. The van der Waals surface area contributed by atoms with Crippen molar-refractivity contribution in [1.29, 1.82) is 0 Å². The first kappa shape index (κ1) is 19.4.